The number of pyridine rings is 1. The van der Waals surface area contributed by atoms with E-state index in [0.717, 1.165) is 31.6 Å². The van der Waals surface area contributed by atoms with Crippen LogP contribution in [0.3, 0.4) is 0 Å². The van der Waals surface area contributed by atoms with Crippen molar-refractivity contribution in [3.05, 3.63) is 23.9 Å². The molecule has 0 saturated carbocycles. The molecular formula is C13H20N4O. The number of nitrogens with two attached hydrogens (primary N) is 1. The standard InChI is InChI=1S/C13H20N4O/c1-13(12(18)15-2)5-6-17(9-13)8-10-3-4-11(14)16-7-10/h3-4,7H,5-6,8-9H2,1-2H3,(H2,14,16)(H,15,18). The number of aromatic nitrogens is 1. The Balaban J connectivity index is 1.97. The van der Waals surface area contributed by atoms with Gasteiger partial charge < -0.3 is 11.1 Å². The van der Waals surface area contributed by atoms with Gasteiger partial charge in [-0.15, -0.1) is 0 Å². The normalized spacial score (nSPS) is 24.1. The Kier molecular flexibility index (Phi) is 3.52. The molecule has 0 spiro atoms. The first kappa shape index (κ1) is 12.8. The second-order valence-corrected chi connectivity index (χ2v) is 5.19. The van der Waals surface area contributed by atoms with Crippen molar-refractivity contribution in [1.82, 2.24) is 15.2 Å². The van der Waals surface area contributed by atoms with E-state index < -0.39 is 0 Å². The van der Waals surface area contributed by atoms with Crippen LogP contribution < -0.4 is 11.1 Å². The molecule has 0 bridgehead atoms. The lowest BCUT2D eigenvalue weighted by Gasteiger charge is -2.22. The van der Waals surface area contributed by atoms with Gasteiger partial charge in [0.05, 0.1) is 5.41 Å². The molecule has 1 aromatic heterocycles. The first-order valence-electron chi connectivity index (χ1n) is 6.18. The first-order chi connectivity index (χ1) is 8.53. The zero-order valence-corrected chi connectivity index (χ0v) is 10.9. The van der Waals surface area contributed by atoms with Gasteiger partial charge in [-0.05, 0) is 31.5 Å². The maximum atomic E-state index is 11.8. The smallest absolute Gasteiger partial charge is 0.227 e. The van der Waals surface area contributed by atoms with Gasteiger partial charge in [-0.2, -0.15) is 0 Å². The number of amides is 1. The minimum absolute atomic E-state index is 0.125. The Morgan fingerprint density at radius 2 is 2.39 bits per heavy atom. The van der Waals surface area contributed by atoms with Crippen molar-refractivity contribution < 1.29 is 4.79 Å². The van der Waals surface area contributed by atoms with Gasteiger partial charge in [-0.25, -0.2) is 4.98 Å². The molecule has 1 aliphatic heterocycles. The molecule has 3 N–H and O–H groups in total. The quantitative estimate of drug-likeness (QED) is 0.822. The highest BCUT2D eigenvalue weighted by Gasteiger charge is 2.39. The van der Waals surface area contributed by atoms with Crippen LogP contribution in [-0.2, 0) is 11.3 Å². The van der Waals surface area contributed by atoms with E-state index in [4.69, 9.17) is 5.73 Å². The average molecular weight is 248 g/mol. The number of hydrogen-bond donors (Lipinski definition) is 2. The third-order valence-corrected chi connectivity index (χ3v) is 3.58. The van der Waals surface area contributed by atoms with Gasteiger partial charge in [0, 0.05) is 26.3 Å². The van der Waals surface area contributed by atoms with Crippen LogP contribution >= 0.6 is 0 Å². The van der Waals surface area contributed by atoms with Gasteiger partial charge in [0.2, 0.25) is 5.91 Å². The number of nitrogens with zero attached hydrogens (tertiary/aromatic N) is 2. The molecule has 1 amide bonds. The van der Waals surface area contributed by atoms with E-state index in [1.165, 1.54) is 0 Å². The fourth-order valence-corrected chi connectivity index (χ4v) is 2.47. The molecule has 2 heterocycles. The van der Waals surface area contributed by atoms with Crippen molar-refractivity contribution in [3.63, 3.8) is 0 Å². The van der Waals surface area contributed by atoms with Crippen molar-refractivity contribution in [2.75, 3.05) is 25.9 Å². The summed E-state index contributed by atoms with van der Waals surface area (Å²) in [7, 11) is 1.69. The van der Waals surface area contributed by atoms with E-state index in [2.05, 4.69) is 15.2 Å². The minimum atomic E-state index is -0.268. The summed E-state index contributed by atoms with van der Waals surface area (Å²) < 4.78 is 0. The van der Waals surface area contributed by atoms with Crippen molar-refractivity contribution in [2.45, 2.75) is 19.9 Å². The Morgan fingerprint density at radius 1 is 1.61 bits per heavy atom. The highest BCUT2D eigenvalue weighted by molar-refractivity contribution is 5.82. The molecule has 1 unspecified atom stereocenters. The molecule has 0 aromatic carbocycles. The van der Waals surface area contributed by atoms with E-state index in [-0.39, 0.29) is 11.3 Å². The highest BCUT2D eigenvalue weighted by Crippen LogP contribution is 2.30. The maximum Gasteiger partial charge on any atom is 0.227 e. The maximum absolute atomic E-state index is 11.8. The summed E-state index contributed by atoms with van der Waals surface area (Å²) in [6.07, 6.45) is 2.69. The third-order valence-electron chi connectivity index (χ3n) is 3.58. The molecular weight excluding hydrogens is 228 g/mol. The fourth-order valence-electron chi connectivity index (χ4n) is 2.47. The van der Waals surface area contributed by atoms with Crippen molar-refractivity contribution >= 4 is 11.7 Å². The number of anilines is 1. The second-order valence-electron chi connectivity index (χ2n) is 5.19. The zero-order chi connectivity index (χ0) is 13.2. The molecule has 1 aromatic rings. The number of hydrogen-bond acceptors (Lipinski definition) is 4. The molecule has 1 saturated heterocycles. The van der Waals surface area contributed by atoms with Gasteiger partial charge in [-0.1, -0.05) is 6.07 Å². The van der Waals surface area contributed by atoms with Crippen LogP contribution in [0.5, 0.6) is 0 Å². The Labute approximate surface area is 107 Å². The van der Waals surface area contributed by atoms with Crippen molar-refractivity contribution in [3.8, 4) is 0 Å². The molecule has 5 heteroatoms. The monoisotopic (exact) mass is 248 g/mol. The third kappa shape index (κ3) is 2.61. The predicted octanol–water partition coefficient (Wildman–Crippen LogP) is 0.622. The molecule has 5 nitrogen and oxygen atoms in total. The number of carbonyl (C=O) groups excluding carboxylic acids is 1. The Morgan fingerprint density at radius 3 is 3.00 bits per heavy atom. The highest BCUT2D eigenvalue weighted by atomic mass is 16.2. The summed E-state index contributed by atoms with van der Waals surface area (Å²) in [5.74, 6) is 0.663. The van der Waals surface area contributed by atoms with Crippen molar-refractivity contribution in [2.24, 2.45) is 5.41 Å². The largest absolute Gasteiger partial charge is 0.384 e. The van der Waals surface area contributed by atoms with E-state index in [1.54, 1.807) is 13.2 Å². The summed E-state index contributed by atoms with van der Waals surface area (Å²) in [5.41, 5.74) is 6.42. The van der Waals surface area contributed by atoms with E-state index in [9.17, 15) is 4.79 Å². The predicted molar refractivity (Wildman–Crippen MR) is 70.7 cm³/mol. The summed E-state index contributed by atoms with van der Waals surface area (Å²) in [6, 6.07) is 3.79. The van der Waals surface area contributed by atoms with Gasteiger partial charge in [0.1, 0.15) is 5.82 Å². The minimum Gasteiger partial charge on any atom is -0.384 e. The lowest BCUT2D eigenvalue weighted by molar-refractivity contribution is -0.129. The lowest BCUT2D eigenvalue weighted by Crippen LogP contribution is -2.39. The Hall–Kier alpha value is -1.62. The van der Waals surface area contributed by atoms with E-state index in [0.29, 0.717) is 5.82 Å². The van der Waals surface area contributed by atoms with Crippen LogP contribution in [0.1, 0.15) is 18.9 Å². The Bertz CT molecular complexity index is 431. The van der Waals surface area contributed by atoms with Gasteiger partial charge in [0.15, 0.2) is 0 Å². The summed E-state index contributed by atoms with van der Waals surface area (Å²) >= 11 is 0. The molecule has 0 aliphatic carbocycles. The number of rotatable bonds is 3. The van der Waals surface area contributed by atoms with Crippen LogP contribution in [-0.4, -0.2) is 35.9 Å². The van der Waals surface area contributed by atoms with Crippen LogP contribution in [0.15, 0.2) is 18.3 Å². The van der Waals surface area contributed by atoms with Crippen LogP contribution in [0.2, 0.25) is 0 Å². The molecule has 1 atom stereocenters. The molecule has 1 fully saturated rings. The fraction of sp³-hybridized carbons (Fsp3) is 0.538. The molecule has 18 heavy (non-hydrogen) atoms. The van der Waals surface area contributed by atoms with Crippen LogP contribution in [0.25, 0.3) is 0 Å². The number of nitrogens with one attached hydrogen (secondary N) is 1. The van der Waals surface area contributed by atoms with Crippen LogP contribution in [0, 0.1) is 5.41 Å². The molecule has 2 rings (SSSR count). The van der Waals surface area contributed by atoms with Gasteiger partial charge in [-0.3, -0.25) is 9.69 Å². The summed E-state index contributed by atoms with van der Waals surface area (Å²) in [6.45, 7) is 4.57. The second kappa shape index (κ2) is 4.94. The van der Waals surface area contributed by atoms with Gasteiger partial charge in [0.25, 0.3) is 0 Å². The van der Waals surface area contributed by atoms with Crippen LogP contribution in [0.4, 0.5) is 5.82 Å². The zero-order valence-electron chi connectivity index (χ0n) is 10.9. The SMILES string of the molecule is CNC(=O)C1(C)CCN(Cc2ccc(N)nc2)C1. The molecule has 0 radical (unpaired) electrons. The lowest BCUT2D eigenvalue weighted by atomic mass is 9.89. The molecule has 98 valence electrons. The van der Waals surface area contributed by atoms with Gasteiger partial charge >= 0.3 is 0 Å². The van der Waals surface area contributed by atoms with E-state index >= 15 is 0 Å². The first-order valence-corrected chi connectivity index (χ1v) is 6.18. The van der Waals surface area contributed by atoms with E-state index in [1.807, 2.05) is 19.1 Å². The topological polar surface area (TPSA) is 71.2 Å². The number of nitrogen functional groups attached to an aromatic ring is 1. The number of likely N-dealkylation sites (tertiary alicyclic amines) is 1. The number of carbonyl (C=O) groups is 1. The molecule has 1 aliphatic rings. The average Bonchev–Trinajstić information content (AvgIpc) is 2.74. The van der Waals surface area contributed by atoms with Crippen molar-refractivity contribution in [1.29, 1.82) is 0 Å². The summed E-state index contributed by atoms with van der Waals surface area (Å²) in [4.78, 5) is 18.2. The summed E-state index contributed by atoms with van der Waals surface area (Å²) in [5, 5.41) is 2.74.